The third kappa shape index (κ3) is 2.71. The molecule has 0 saturated carbocycles. The van der Waals surface area contributed by atoms with E-state index in [0.717, 1.165) is 6.42 Å². The molecule has 1 aromatic heterocycles. The number of carbonyl (C=O) groups excluding carboxylic acids is 1. The minimum atomic E-state index is -0.131. The van der Waals surface area contributed by atoms with Gasteiger partial charge in [0.15, 0.2) is 0 Å². The lowest BCUT2D eigenvalue weighted by Crippen LogP contribution is -2.09. The molecular weight excluding hydrogens is 246 g/mol. The molecule has 0 atom stereocenters. The Kier molecular flexibility index (Phi) is 3.67. The quantitative estimate of drug-likeness (QED) is 0.887. The molecule has 18 heavy (non-hydrogen) atoms. The molecule has 4 heteroatoms. The highest BCUT2D eigenvalue weighted by Crippen LogP contribution is 2.23. The molecule has 0 aliphatic carbocycles. The van der Waals surface area contributed by atoms with Gasteiger partial charge in [-0.2, -0.15) is 0 Å². The Balaban J connectivity index is 2.16. The SMILES string of the molecule is CCc1cc(C(=O)Nc2cccc(O)c2)sc1C. The summed E-state index contributed by atoms with van der Waals surface area (Å²) >= 11 is 1.50. The molecule has 0 radical (unpaired) electrons. The molecule has 0 fully saturated rings. The van der Waals surface area contributed by atoms with Crippen LogP contribution in [0.1, 0.15) is 27.0 Å². The van der Waals surface area contributed by atoms with Crippen molar-refractivity contribution >= 4 is 22.9 Å². The zero-order valence-electron chi connectivity index (χ0n) is 10.4. The summed E-state index contributed by atoms with van der Waals surface area (Å²) in [7, 11) is 0. The van der Waals surface area contributed by atoms with E-state index in [1.165, 1.54) is 27.8 Å². The first-order valence-electron chi connectivity index (χ1n) is 5.80. The van der Waals surface area contributed by atoms with Crippen molar-refractivity contribution in [1.29, 1.82) is 0 Å². The predicted molar refractivity (Wildman–Crippen MR) is 74.5 cm³/mol. The molecule has 0 unspecified atom stereocenters. The van der Waals surface area contributed by atoms with Crippen LogP contribution >= 0.6 is 11.3 Å². The maximum atomic E-state index is 12.0. The van der Waals surface area contributed by atoms with E-state index >= 15 is 0 Å². The van der Waals surface area contributed by atoms with Gasteiger partial charge in [-0.15, -0.1) is 11.3 Å². The number of carbonyl (C=O) groups is 1. The lowest BCUT2D eigenvalue weighted by Gasteiger charge is -2.03. The fraction of sp³-hybridized carbons (Fsp3) is 0.214. The van der Waals surface area contributed by atoms with Crippen LogP contribution in [0.5, 0.6) is 5.75 Å². The Morgan fingerprint density at radius 3 is 2.78 bits per heavy atom. The summed E-state index contributed by atoms with van der Waals surface area (Å²) in [5, 5.41) is 12.1. The fourth-order valence-corrected chi connectivity index (χ4v) is 2.77. The summed E-state index contributed by atoms with van der Waals surface area (Å²) in [5.41, 5.74) is 1.81. The molecule has 1 heterocycles. The summed E-state index contributed by atoms with van der Waals surface area (Å²) in [4.78, 5) is 13.9. The van der Waals surface area contributed by atoms with Gasteiger partial charge >= 0.3 is 0 Å². The van der Waals surface area contributed by atoms with Gasteiger partial charge in [0.1, 0.15) is 5.75 Å². The Hall–Kier alpha value is -1.81. The monoisotopic (exact) mass is 261 g/mol. The van der Waals surface area contributed by atoms with E-state index in [1.54, 1.807) is 18.2 Å². The molecule has 1 aromatic carbocycles. The van der Waals surface area contributed by atoms with Crippen molar-refractivity contribution in [2.45, 2.75) is 20.3 Å². The molecular formula is C14H15NO2S. The van der Waals surface area contributed by atoms with E-state index in [9.17, 15) is 9.90 Å². The van der Waals surface area contributed by atoms with Crippen LogP contribution < -0.4 is 5.32 Å². The number of aryl methyl sites for hydroxylation is 2. The van der Waals surface area contributed by atoms with Gasteiger partial charge < -0.3 is 10.4 Å². The van der Waals surface area contributed by atoms with Crippen LogP contribution in [-0.2, 0) is 6.42 Å². The van der Waals surface area contributed by atoms with Gasteiger partial charge in [-0.05, 0) is 37.1 Å². The first kappa shape index (κ1) is 12.6. The predicted octanol–water partition coefficient (Wildman–Crippen LogP) is 3.58. The Morgan fingerprint density at radius 2 is 2.17 bits per heavy atom. The van der Waals surface area contributed by atoms with Crippen LogP contribution in [0.15, 0.2) is 30.3 Å². The van der Waals surface area contributed by atoms with Crippen LogP contribution in [0.25, 0.3) is 0 Å². The number of benzene rings is 1. The van der Waals surface area contributed by atoms with Gasteiger partial charge in [-0.3, -0.25) is 4.79 Å². The van der Waals surface area contributed by atoms with E-state index in [2.05, 4.69) is 12.2 Å². The van der Waals surface area contributed by atoms with Gasteiger partial charge in [-0.1, -0.05) is 13.0 Å². The third-order valence-electron chi connectivity index (χ3n) is 2.73. The van der Waals surface area contributed by atoms with E-state index in [4.69, 9.17) is 0 Å². The minimum absolute atomic E-state index is 0.131. The van der Waals surface area contributed by atoms with Crippen molar-refractivity contribution in [1.82, 2.24) is 0 Å². The minimum Gasteiger partial charge on any atom is -0.508 e. The van der Waals surface area contributed by atoms with Crippen molar-refractivity contribution in [3.05, 3.63) is 45.6 Å². The zero-order chi connectivity index (χ0) is 13.1. The van der Waals surface area contributed by atoms with E-state index in [-0.39, 0.29) is 11.7 Å². The highest BCUT2D eigenvalue weighted by Gasteiger charge is 2.11. The lowest BCUT2D eigenvalue weighted by atomic mass is 10.2. The Morgan fingerprint density at radius 1 is 1.39 bits per heavy atom. The average Bonchev–Trinajstić information content (AvgIpc) is 2.70. The van der Waals surface area contributed by atoms with Crippen molar-refractivity contribution in [2.24, 2.45) is 0 Å². The molecule has 2 aromatic rings. The molecule has 1 amide bonds. The summed E-state index contributed by atoms with van der Waals surface area (Å²) < 4.78 is 0. The van der Waals surface area contributed by atoms with Crippen molar-refractivity contribution < 1.29 is 9.90 Å². The zero-order valence-corrected chi connectivity index (χ0v) is 11.2. The van der Waals surface area contributed by atoms with Crippen molar-refractivity contribution in [2.75, 3.05) is 5.32 Å². The molecule has 3 nitrogen and oxygen atoms in total. The number of amides is 1. The summed E-state index contributed by atoms with van der Waals surface area (Å²) in [6, 6.07) is 8.47. The van der Waals surface area contributed by atoms with E-state index in [1.807, 2.05) is 13.0 Å². The number of hydrogen-bond donors (Lipinski definition) is 2. The van der Waals surface area contributed by atoms with Crippen LogP contribution in [-0.4, -0.2) is 11.0 Å². The Labute approximate surface area is 110 Å². The highest BCUT2D eigenvalue weighted by molar-refractivity contribution is 7.14. The number of hydrogen-bond acceptors (Lipinski definition) is 3. The summed E-state index contributed by atoms with van der Waals surface area (Å²) in [6.45, 7) is 4.10. The molecule has 0 aliphatic rings. The normalized spacial score (nSPS) is 10.3. The fourth-order valence-electron chi connectivity index (χ4n) is 1.76. The smallest absolute Gasteiger partial charge is 0.265 e. The van der Waals surface area contributed by atoms with Gasteiger partial charge in [0.2, 0.25) is 0 Å². The second-order valence-corrected chi connectivity index (χ2v) is 5.31. The highest BCUT2D eigenvalue weighted by atomic mass is 32.1. The largest absolute Gasteiger partial charge is 0.508 e. The molecule has 2 rings (SSSR count). The number of phenols is 1. The second kappa shape index (κ2) is 5.23. The Bertz CT molecular complexity index is 575. The second-order valence-electron chi connectivity index (χ2n) is 4.05. The molecule has 2 N–H and O–H groups in total. The van der Waals surface area contributed by atoms with Crippen LogP contribution in [0, 0.1) is 6.92 Å². The first-order valence-corrected chi connectivity index (χ1v) is 6.61. The van der Waals surface area contributed by atoms with Crippen molar-refractivity contribution in [3.8, 4) is 5.75 Å². The van der Waals surface area contributed by atoms with E-state index < -0.39 is 0 Å². The number of phenolic OH excluding ortho intramolecular Hbond substituents is 1. The number of thiophene rings is 1. The summed E-state index contributed by atoms with van der Waals surface area (Å²) in [5.74, 6) is 0.0119. The van der Waals surface area contributed by atoms with Gasteiger partial charge in [0.05, 0.1) is 4.88 Å². The lowest BCUT2D eigenvalue weighted by molar-refractivity contribution is 0.103. The molecule has 0 bridgehead atoms. The first-order chi connectivity index (χ1) is 8.60. The third-order valence-corrected chi connectivity index (χ3v) is 3.82. The van der Waals surface area contributed by atoms with Crippen molar-refractivity contribution in [3.63, 3.8) is 0 Å². The van der Waals surface area contributed by atoms with Crippen LogP contribution in [0.2, 0.25) is 0 Å². The maximum absolute atomic E-state index is 12.0. The topological polar surface area (TPSA) is 49.3 Å². The molecule has 0 spiro atoms. The number of nitrogens with one attached hydrogen (secondary N) is 1. The maximum Gasteiger partial charge on any atom is 0.265 e. The van der Waals surface area contributed by atoms with Crippen LogP contribution in [0.3, 0.4) is 0 Å². The molecule has 0 aliphatic heterocycles. The van der Waals surface area contributed by atoms with Gasteiger partial charge in [0, 0.05) is 16.6 Å². The molecule has 0 saturated heterocycles. The van der Waals surface area contributed by atoms with E-state index in [0.29, 0.717) is 10.6 Å². The summed E-state index contributed by atoms with van der Waals surface area (Å²) in [6.07, 6.45) is 0.932. The van der Waals surface area contributed by atoms with Gasteiger partial charge in [0.25, 0.3) is 5.91 Å². The number of anilines is 1. The number of rotatable bonds is 3. The standard InChI is InChI=1S/C14H15NO2S/c1-3-10-7-13(18-9(10)2)14(17)15-11-5-4-6-12(16)8-11/h4-8,16H,3H2,1-2H3,(H,15,17). The molecule has 94 valence electrons. The average molecular weight is 261 g/mol. The van der Waals surface area contributed by atoms with Crippen LogP contribution in [0.4, 0.5) is 5.69 Å². The number of aromatic hydroxyl groups is 1. The van der Waals surface area contributed by atoms with Gasteiger partial charge in [-0.25, -0.2) is 0 Å².